The van der Waals surface area contributed by atoms with Crippen molar-refractivity contribution in [2.45, 2.75) is 6.18 Å². The Morgan fingerprint density at radius 3 is 2.46 bits per heavy atom. The monoisotopic (exact) mass is 387 g/mol. The number of nitrogens with zero attached hydrogens (tertiary/aromatic N) is 1. The van der Waals surface area contributed by atoms with E-state index in [1.165, 1.54) is 19.2 Å². The van der Waals surface area contributed by atoms with Crippen molar-refractivity contribution in [2.75, 3.05) is 19.5 Å². The molecule has 2 N–H and O–H groups in total. The third-order valence-electron chi connectivity index (χ3n) is 3.36. The molecular weight excluding hydrogens is 375 g/mol. The molecule has 0 aliphatic carbocycles. The van der Waals surface area contributed by atoms with Crippen molar-refractivity contribution in [3.8, 4) is 5.75 Å². The third-order valence-corrected chi connectivity index (χ3v) is 3.57. The summed E-state index contributed by atoms with van der Waals surface area (Å²) in [6.07, 6.45) is -3.56. The Morgan fingerprint density at radius 2 is 1.88 bits per heavy atom. The summed E-state index contributed by atoms with van der Waals surface area (Å²) < 4.78 is 44.0. The maximum atomic E-state index is 13.1. The van der Waals surface area contributed by atoms with Gasteiger partial charge in [0, 0.05) is 13.2 Å². The first-order valence-corrected chi connectivity index (χ1v) is 7.50. The van der Waals surface area contributed by atoms with Crippen molar-refractivity contribution in [1.82, 2.24) is 10.3 Å². The quantitative estimate of drug-likeness (QED) is 0.788. The molecule has 0 unspecified atom stereocenters. The summed E-state index contributed by atoms with van der Waals surface area (Å²) in [7, 11) is 2.40. The van der Waals surface area contributed by atoms with Gasteiger partial charge in [-0.1, -0.05) is 17.7 Å². The molecule has 0 fully saturated rings. The van der Waals surface area contributed by atoms with E-state index >= 15 is 0 Å². The number of rotatable bonds is 4. The molecule has 0 radical (unpaired) electrons. The van der Waals surface area contributed by atoms with Crippen LogP contribution >= 0.6 is 11.6 Å². The number of carbonyl (C=O) groups excluding carboxylic acids is 2. The summed E-state index contributed by atoms with van der Waals surface area (Å²) >= 11 is 5.77. The van der Waals surface area contributed by atoms with Gasteiger partial charge in [-0.3, -0.25) is 9.59 Å². The van der Waals surface area contributed by atoms with Crippen molar-refractivity contribution in [2.24, 2.45) is 0 Å². The zero-order valence-corrected chi connectivity index (χ0v) is 14.3. The van der Waals surface area contributed by atoms with Crippen molar-refractivity contribution in [1.29, 1.82) is 0 Å². The number of hydrogen-bond donors (Lipinski definition) is 2. The van der Waals surface area contributed by atoms with Gasteiger partial charge < -0.3 is 15.4 Å². The standard InChI is InChI=1S/C16H13ClF3N3O3/c1-21-14(24)9-7-22-12(17)6-11(9)23-15(25)8-4-3-5-10(13(8)26-2)16(18,19)20/h3-7H,1-2H3,(H,21,24)(H,22,23,25). The second-order valence-corrected chi connectivity index (χ2v) is 5.36. The lowest BCUT2D eigenvalue weighted by molar-refractivity contribution is -0.138. The van der Waals surface area contributed by atoms with Crippen molar-refractivity contribution >= 4 is 29.1 Å². The van der Waals surface area contributed by atoms with Crippen LogP contribution in [0.25, 0.3) is 0 Å². The average Bonchev–Trinajstić information content (AvgIpc) is 2.59. The van der Waals surface area contributed by atoms with E-state index in [-0.39, 0.29) is 22.0 Å². The van der Waals surface area contributed by atoms with Crippen LogP contribution in [0.1, 0.15) is 26.3 Å². The molecule has 0 spiro atoms. The summed E-state index contributed by atoms with van der Waals surface area (Å²) in [5, 5.41) is 4.71. The molecule has 6 nitrogen and oxygen atoms in total. The summed E-state index contributed by atoms with van der Waals surface area (Å²) in [4.78, 5) is 28.1. The smallest absolute Gasteiger partial charge is 0.419 e. The molecule has 1 heterocycles. The Hall–Kier alpha value is -2.81. The summed E-state index contributed by atoms with van der Waals surface area (Å²) in [6.45, 7) is 0. The van der Waals surface area contributed by atoms with E-state index in [0.717, 1.165) is 25.4 Å². The van der Waals surface area contributed by atoms with Crippen LogP contribution in [-0.2, 0) is 6.18 Å². The molecule has 1 aromatic heterocycles. The second-order valence-electron chi connectivity index (χ2n) is 4.97. The highest BCUT2D eigenvalue weighted by molar-refractivity contribution is 6.30. The Bertz CT molecular complexity index is 856. The molecule has 2 rings (SSSR count). The summed E-state index contributed by atoms with van der Waals surface area (Å²) in [5.41, 5.74) is -1.45. The molecule has 0 aliphatic rings. The number of anilines is 1. The second kappa shape index (κ2) is 7.61. The number of carbonyl (C=O) groups is 2. The summed E-state index contributed by atoms with van der Waals surface area (Å²) in [6, 6.07) is 4.27. The fraction of sp³-hybridized carbons (Fsp3) is 0.188. The molecule has 10 heteroatoms. The average molecular weight is 388 g/mol. The number of pyridine rings is 1. The fourth-order valence-corrected chi connectivity index (χ4v) is 2.36. The largest absolute Gasteiger partial charge is 0.495 e. The Morgan fingerprint density at radius 1 is 1.19 bits per heavy atom. The third kappa shape index (κ3) is 4.05. The summed E-state index contributed by atoms with van der Waals surface area (Å²) in [5.74, 6) is -2.08. The lowest BCUT2D eigenvalue weighted by Gasteiger charge is -2.16. The van der Waals surface area contributed by atoms with Gasteiger partial charge in [0.1, 0.15) is 10.9 Å². The Kier molecular flexibility index (Phi) is 5.71. The van der Waals surface area contributed by atoms with E-state index in [9.17, 15) is 22.8 Å². The zero-order valence-electron chi connectivity index (χ0n) is 13.6. The first-order chi connectivity index (χ1) is 12.2. The molecule has 0 atom stereocenters. The predicted octanol–water partition coefficient (Wildman–Crippen LogP) is 3.37. The van der Waals surface area contributed by atoms with Crippen molar-refractivity contribution in [3.63, 3.8) is 0 Å². The highest BCUT2D eigenvalue weighted by Gasteiger charge is 2.36. The number of para-hydroxylation sites is 1. The minimum atomic E-state index is -4.70. The number of nitrogens with one attached hydrogen (secondary N) is 2. The number of amides is 2. The molecule has 138 valence electrons. The van der Waals surface area contributed by atoms with Crippen LogP contribution < -0.4 is 15.4 Å². The predicted molar refractivity (Wildman–Crippen MR) is 88.6 cm³/mol. The number of aromatic nitrogens is 1. The number of ether oxygens (including phenoxy) is 1. The van der Waals surface area contributed by atoms with Crippen LogP contribution in [-0.4, -0.2) is 31.0 Å². The fourth-order valence-electron chi connectivity index (χ4n) is 2.20. The molecule has 0 saturated heterocycles. The SMILES string of the molecule is CNC(=O)c1cnc(Cl)cc1NC(=O)c1cccc(C(F)(F)F)c1OC. The van der Waals surface area contributed by atoms with Gasteiger partial charge in [0.15, 0.2) is 0 Å². The highest BCUT2D eigenvalue weighted by atomic mass is 35.5. The van der Waals surface area contributed by atoms with Crippen LogP contribution in [0.4, 0.5) is 18.9 Å². The van der Waals surface area contributed by atoms with Crippen LogP contribution in [0, 0.1) is 0 Å². The van der Waals surface area contributed by atoms with Gasteiger partial charge in [0.2, 0.25) is 0 Å². The van der Waals surface area contributed by atoms with Crippen LogP contribution in [0.3, 0.4) is 0 Å². The van der Waals surface area contributed by atoms with E-state index in [1.807, 2.05) is 0 Å². The highest BCUT2D eigenvalue weighted by Crippen LogP contribution is 2.38. The van der Waals surface area contributed by atoms with Gasteiger partial charge in [-0.25, -0.2) is 4.98 Å². The van der Waals surface area contributed by atoms with Gasteiger partial charge in [-0.15, -0.1) is 0 Å². The van der Waals surface area contributed by atoms with E-state index in [0.29, 0.717) is 0 Å². The maximum Gasteiger partial charge on any atom is 0.419 e. The van der Waals surface area contributed by atoms with E-state index in [2.05, 4.69) is 15.6 Å². The molecule has 1 aromatic carbocycles. The minimum Gasteiger partial charge on any atom is -0.495 e. The number of hydrogen-bond acceptors (Lipinski definition) is 4. The van der Waals surface area contributed by atoms with Crippen LogP contribution in [0.15, 0.2) is 30.5 Å². The van der Waals surface area contributed by atoms with Crippen molar-refractivity contribution < 1.29 is 27.5 Å². The normalized spacial score (nSPS) is 11.0. The van der Waals surface area contributed by atoms with Crippen LogP contribution in [0.2, 0.25) is 5.15 Å². The lowest BCUT2D eigenvalue weighted by Crippen LogP contribution is -2.22. The van der Waals surface area contributed by atoms with Gasteiger partial charge in [-0.05, 0) is 18.2 Å². The number of methoxy groups -OCH3 is 1. The number of halogens is 4. The van der Waals surface area contributed by atoms with E-state index in [4.69, 9.17) is 16.3 Å². The maximum absolute atomic E-state index is 13.1. The first-order valence-electron chi connectivity index (χ1n) is 7.12. The van der Waals surface area contributed by atoms with E-state index in [1.54, 1.807) is 0 Å². The van der Waals surface area contributed by atoms with Gasteiger partial charge >= 0.3 is 6.18 Å². The van der Waals surface area contributed by atoms with Gasteiger partial charge in [0.05, 0.1) is 29.5 Å². The molecule has 2 aromatic rings. The van der Waals surface area contributed by atoms with E-state index < -0.39 is 29.3 Å². The number of alkyl halides is 3. The van der Waals surface area contributed by atoms with Gasteiger partial charge in [-0.2, -0.15) is 13.2 Å². The molecule has 2 amide bonds. The molecule has 0 bridgehead atoms. The Labute approximate surface area is 151 Å². The molecular formula is C16H13ClF3N3O3. The topological polar surface area (TPSA) is 80.3 Å². The first kappa shape index (κ1) is 19.5. The molecule has 0 aliphatic heterocycles. The zero-order chi connectivity index (χ0) is 19.5. The molecule has 0 saturated carbocycles. The number of benzene rings is 1. The molecule has 26 heavy (non-hydrogen) atoms. The van der Waals surface area contributed by atoms with Gasteiger partial charge in [0.25, 0.3) is 11.8 Å². The van der Waals surface area contributed by atoms with Crippen molar-refractivity contribution in [3.05, 3.63) is 52.3 Å². The Balaban J connectivity index is 2.47. The lowest BCUT2D eigenvalue weighted by atomic mass is 10.1. The van der Waals surface area contributed by atoms with Crippen LogP contribution in [0.5, 0.6) is 5.75 Å². The minimum absolute atomic E-state index is 0.00353.